The number of hydrogen-bond acceptors (Lipinski definition) is 4. The summed E-state index contributed by atoms with van der Waals surface area (Å²) in [4.78, 5) is 11.6. The largest absolute Gasteiger partial charge is 0.466 e. The fraction of sp³-hybridized carbons (Fsp3) is 0.917. The lowest BCUT2D eigenvalue weighted by molar-refractivity contribution is -0.154. The second-order valence-corrected chi connectivity index (χ2v) is 4.21. The Hall–Kier alpha value is -0.610. The summed E-state index contributed by atoms with van der Waals surface area (Å²) in [6.07, 6.45) is 1.69. The van der Waals surface area contributed by atoms with Crippen molar-refractivity contribution >= 4 is 5.97 Å². The molecule has 0 aliphatic carbocycles. The van der Waals surface area contributed by atoms with E-state index in [1.807, 2.05) is 6.92 Å². The molecular formula is C12H22O4. The van der Waals surface area contributed by atoms with Crippen molar-refractivity contribution < 1.29 is 19.4 Å². The van der Waals surface area contributed by atoms with Crippen molar-refractivity contribution in [3.63, 3.8) is 0 Å². The quantitative estimate of drug-likeness (QED) is 0.725. The highest BCUT2D eigenvalue weighted by Crippen LogP contribution is 2.26. The molecule has 0 aromatic rings. The average molecular weight is 230 g/mol. The van der Waals surface area contributed by atoms with Crippen LogP contribution in [-0.2, 0) is 14.3 Å². The Kier molecular flexibility index (Phi) is 5.77. The summed E-state index contributed by atoms with van der Waals surface area (Å²) in [5.74, 6) is -0.491. The molecule has 94 valence electrons. The van der Waals surface area contributed by atoms with E-state index in [0.29, 0.717) is 26.2 Å². The maximum Gasteiger partial charge on any atom is 0.311 e. The second-order valence-electron chi connectivity index (χ2n) is 4.21. The van der Waals surface area contributed by atoms with E-state index in [1.54, 1.807) is 6.92 Å². The fourth-order valence-electron chi connectivity index (χ4n) is 2.18. The third-order valence-corrected chi connectivity index (χ3v) is 3.19. The zero-order valence-corrected chi connectivity index (χ0v) is 10.1. The highest BCUT2D eigenvalue weighted by atomic mass is 16.5. The topological polar surface area (TPSA) is 55.8 Å². The molecule has 0 radical (unpaired) electrons. The first-order chi connectivity index (χ1) is 7.70. The highest BCUT2D eigenvalue weighted by Gasteiger charge is 2.33. The van der Waals surface area contributed by atoms with Gasteiger partial charge in [0.2, 0.25) is 0 Å². The molecule has 1 rings (SSSR count). The summed E-state index contributed by atoms with van der Waals surface area (Å²) in [7, 11) is 0. The number of rotatable bonds is 5. The van der Waals surface area contributed by atoms with Gasteiger partial charge in [0.05, 0.1) is 18.6 Å². The van der Waals surface area contributed by atoms with E-state index in [0.717, 1.165) is 12.8 Å². The van der Waals surface area contributed by atoms with E-state index >= 15 is 0 Å². The molecule has 4 nitrogen and oxygen atoms in total. The van der Waals surface area contributed by atoms with Crippen LogP contribution in [0.15, 0.2) is 0 Å². The van der Waals surface area contributed by atoms with Gasteiger partial charge in [-0.1, -0.05) is 6.92 Å². The maximum atomic E-state index is 11.6. The van der Waals surface area contributed by atoms with Gasteiger partial charge in [-0.25, -0.2) is 0 Å². The van der Waals surface area contributed by atoms with E-state index in [4.69, 9.17) is 9.47 Å². The maximum absolute atomic E-state index is 11.6. The molecule has 0 saturated carbocycles. The molecule has 1 heterocycles. The Morgan fingerprint density at radius 2 is 2.06 bits per heavy atom. The number of carbonyl (C=O) groups excluding carboxylic acids is 1. The Morgan fingerprint density at radius 1 is 1.44 bits per heavy atom. The summed E-state index contributed by atoms with van der Waals surface area (Å²) in [5.41, 5.74) is 0. The van der Waals surface area contributed by atoms with Crippen LogP contribution in [0.2, 0.25) is 0 Å². The second kappa shape index (κ2) is 6.86. The molecule has 1 N–H and O–H groups in total. The van der Waals surface area contributed by atoms with Crippen LogP contribution in [0.25, 0.3) is 0 Å². The Labute approximate surface area is 96.9 Å². The number of carbonyl (C=O) groups is 1. The van der Waals surface area contributed by atoms with Crippen LogP contribution in [0.3, 0.4) is 0 Å². The molecule has 1 saturated heterocycles. The van der Waals surface area contributed by atoms with E-state index in [9.17, 15) is 9.90 Å². The van der Waals surface area contributed by atoms with Gasteiger partial charge in [-0.3, -0.25) is 4.79 Å². The van der Waals surface area contributed by atoms with Crippen molar-refractivity contribution in [2.24, 2.45) is 11.8 Å². The van der Waals surface area contributed by atoms with Gasteiger partial charge >= 0.3 is 5.97 Å². The molecular weight excluding hydrogens is 208 g/mol. The van der Waals surface area contributed by atoms with Gasteiger partial charge in [0, 0.05) is 13.2 Å². The van der Waals surface area contributed by atoms with E-state index < -0.39 is 6.10 Å². The van der Waals surface area contributed by atoms with Crippen molar-refractivity contribution in [3.8, 4) is 0 Å². The van der Waals surface area contributed by atoms with Crippen LogP contribution in [0.5, 0.6) is 0 Å². The summed E-state index contributed by atoms with van der Waals surface area (Å²) < 4.78 is 10.2. The van der Waals surface area contributed by atoms with Crippen molar-refractivity contribution in [2.45, 2.75) is 39.2 Å². The lowest BCUT2D eigenvalue weighted by atomic mass is 9.84. The number of esters is 1. The first-order valence-corrected chi connectivity index (χ1v) is 6.13. The zero-order chi connectivity index (χ0) is 12.0. The van der Waals surface area contributed by atoms with E-state index in [1.165, 1.54) is 0 Å². The highest BCUT2D eigenvalue weighted by molar-refractivity contribution is 5.73. The van der Waals surface area contributed by atoms with Crippen LogP contribution >= 0.6 is 0 Å². The first-order valence-electron chi connectivity index (χ1n) is 6.13. The van der Waals surface area contributed by atoms with Crippen molar-refractivity contribution in [3.05, 3.63) is 0 Å². The minimum Gasteiger partial charge on any atom is -0.466 e. The van der Waals surface area contributed by atoms with Gasteiger partial charge in [-0.05, 0) is 32.1 Å². The van der Waals surface area contributed by atoms with E-state index in [2.05, 4.69) is 0 Å². The van der Waals surface area contributed by atoms with Gasteiger partial charge < -0.3 is 14.6 Å². The lowest BCUT2D eigenvalue weighted by Gasteiger charge is -2.30. The standard InChI is InChI=1S/C12H22O4/c1-3-10(12(14)16-4-2)11(13)9-5-7-15-8-6-9/h9-11,13H,3-8H2,1-2H3. The number of ether oxygens (including phenoxy) is 2. The Morgan fingerprint density at radius 3 is 2.56 bits per heavy atom. The van der Waals surface area contributed by atoms with Gasteiger partial charge in [0.1, 0.15) is 0 Å². The smallest absolute Gasteiger partial charge is 0.311 e. The first kappa shape index (κ1) is 13.5. The number of aliphatic hydroxyl groups is 1. The van der Waals surface area contributed by atoms with Crippen molar-refractivity contribution in [1.82, 2.24) is 0 Å². The molecule has 16 heavy (non-hydrogen) atoms. The predicted molar refractivity (Wildman–Crippen MR) is 60.0 cm³/mol. The molecule has 2 atom stereocenters. The van der Waals surface area contributed by atoms with Crippen LogP contribution in [-0.4, -0.2) is 37.0 Å². The third-order valence-electron chi connectivity index (χ3n) is 3.19. The third kappa shape index (κ3) is 3.46. The average Bonchev–Trinajstić information content (AvgIpc) is 2.31. The van der Waals surface area contributed by atoms with Gasteiger partial charge in [-0.2, -0.15) is 0 Å². The van der Waals surface area contributed by atoms with Gasteiger partial charge in [0.15, 0.2) is 0 Å². The summed E-state index contributed by atoms with van der Waals surface area (Å²) in [6.45, 7) is 5.42. The minimum atomic E-state index is -0.590. The zero-order valence-electron chi connectivity index (χ0n) is 10.1. The van der Waals surface area contributed by atoms with Gasteiger partial charge in [0.25, 0.3) is 0 Å². The summed E-state index contributed by atoms with van der Waals surface area (Å²) in [5, 5.41) is 10.2. The molecule has 0 spiro atoms. The molecule has 4 heteroatoms. The lowest BCUT2D eigenvalue weighted by Crippen LogP contribution is -2.37. The monoisotopic (exact) mass is 230 g/mol. The molecule has 1 aliphatic rings. The molecule has 0 aromatic carbocycles. The molecule has 0 amide bonds. The molecule has 1 fully saturated rings. The SMILES string of the molecule is CCOC(=O)C(CC)C(O)C1CCOCC1. The van der Waals surface area contributed by atoms with Crippen molar-refractivity contribution in [1.29, 1.82) is 0 Å². The molecule has 1 aliphatic heterocycles. The molecule has 2 unspecified atom stereocenters. The van der Waals surface area contributed by atoms with E-state index in [-0.39, 0.29) is 17.8 Å². The predicted octanol–water partition coefficient (Wildman–Crippen LogP) is 1.36. The molecule has 0 aromatic heterocycles. The number of hydrogen-bond donors (Lipinski definition) is 1. The van der Waals surface area contributed by atoms with Gasteiger partial charge in [-0.15, -0.1) is 0 Å². The summed E-state index contributed by atoms with van der Waals surface area (Å²) in [6, 6.07) is 0. The normalized spacial score (nSPS) is 21.4. The minimum absolute atomic E-state index is 0.170. The summed E-state index contributed by atoms with van der Waals surface area (Å²) >= 11 is 0. The van der Waals surface area contributed by atoms with Crippen LogP contribution in [0, 0.1) is 11.8 Å². The van der Waals surface area contributed by atoms with Crippen LogP contribution < -0.4 is 0 Å². The van der Waals surface area contributed by atoms with Crippen molar-refractivity contribution in [2.75, 3.05) is 19.8 Å². The van der Waals surface area contributed by atoms with Crippen LogP contribution in [0.1, 0.15) is 33.1 Å². The Bertz CT molecular complexity index is 211. The number of aliphatic hydroxyl groups excluding tert-OH is 1. The fourth-order valence-corrected chi connectivity index (χ4v) is 2.18. The molecule has 0 bridgehead atoms. The van der Waals surface area contributed by atoms with Crippen LogP contribution in [0.4, 0.5) is 0 Å². The Balaban J connectivity index is 2.53.